The van der Waals surface area contributed by atoms with Crippen molar-refractivity contribution in [1.82, 2.24) is 15.5 Å². The molecular formula is C20H31F2N5O. The van der Waals surface area contributed by atoms with Crippen LogP contribution in [0.5, 0.6) is 0 Å². The van der Waals surface area contributed by atoms with Crippen LogP contribution in [0.25, 0.3) is 0 Å². The number of nitrogens with one attached hydrogen (secondary N) is 2. The van der Waals surface area contributed by atoms with Crippen LogP contribution >= 0.6 is 0 Å². The molecule has 2 N–H and O–H groups in total. The fourth-order valence-corrected chi connectivity index (χ4v) is 3.70. The van der Waals surface area contributed by atoms with Crippen molar-refractivity contribution in [2.24, 2.45) is 4.99 Å². The summed E-state index contributed by atoms with van der Waals surface area (Å²) in [5.74, 6) is -0.251. The van der Waals surface area contributed by atoms with Crippen LogP contribution < -0.4 is 15.5 Å². The Bertz CT molecular complexity index is 631. The summed E-state index contributed by atoms with van der Waals surface area (Å²) in [5.41, 5.74) is 0.0688. The average molecular weight is 395 g/mol. The van der Waals surface area contributed by atoms with Crippen molar-refractivity contribution in [3.05, 3.63) is 29.8 Å². The number of hydrogen-bond acceptors (Lipinski definition) is 4. The molecular weight excluding hydrogens is 364 g/mol. The number of halogens is 2. The zero-order valence-corrected chi connectivity index (χ0v) is 16.6. The third-order valence-electron chi connectivity index (χ3n) is 5.13. The van der Waals surface area contributed by atoms with Gasteiger partial charge in [-0.05, 0) is 31.9 Å². The van der Waals surface area contributed by atoms with Crippen molar-refractivity contribution in [1.29, 1.82) is 0 Å². The lowest BCUT2D eigenvalue weighted by molar-refractivity contribution is 0.0377. The molecule has 0 saturated carbocycles. The number of anilines is 1. The second-order valence-electron chi connectivity index (χ2n) is 7.21. The van der Waals surface area contributed by atoms with Crippen molar-refractivity contribution in [2.45, 2.75) is 25.8 Å². The van der Waals surface area contributed by atoms with E-state index in [1.807, 2.05) is 6.92 Å². The Labute approximate surface area is 165 Å². The molecule has 2 heterocycles. The Kier molecular flexibility index (Phi) is 7.85. The molecule has 1 unspecified atom stereocenters. The topological polar surface area (TPSA) is 52.1 Å². The lowest BCUT2D eigenvalue weighted by atomic mass is 10.2. The van der Waals surface area contributed by atoms with Gasteiger partial charge in [-0.25, -0.2) is 8.78 Å². The Balaban J connectivity index is 1.48. The summed E-state index contributed by atoms with van der Waals surface area (Å²) in [7, 11) is 0. The second kappa shape index (κ2) is 10.6. The van der Waals surface area contributed by atoms with Crippen molar-refractivity contribution < 1.29 is 13.5 Å². The quantitative estimate of drug-likeness (QED) is 0.419. The maximum atomic E-state index is 14.0. The fourth-order valence-electron chi connectivity index (χ4n) is 3.70. The van der Waals surface area contributed by atoms with Crippen molar-refractivity contribution in [2.75, 3.05) is 63.9 Å². The molecule has 0 radical (unpaired) electrons. The van der Waals surface area contributed by atoms with Gasteiger partial charge in [0.1, 0.15) is 17.3 Å². The number of benzene rings is 1. The van der Waals surface area contributed by atoms with Gasteiger partial charge in [-0.1, -0.05) is 6.07 Å². The lowest BCUT2D eigenvalue weighted by Gasteiger charge is -2.26. The van der Waals surface area contributed by atoms with Gasteiger partial charge >= 0.3 is 0 Å². The van der Waals surface area contributed by atoms with E-state index in [9.17, 15) is 8.78 Å². The van der Waals surface area contributed by atoms with Crippen LogP contribution in [0.4, 0.5) is 14.5 Å². The van der Waals surface area contributed by atoms with Gasteiger partial charge < -0.3 is 20.3 Å². The predicted octanol–water partition coefficient (Wildman–Crippen LogP) is 1.82. The molecule has 6 nitrogen and oxygen atoms in total. The molecule has 0 aromatic heterocycles. The first-order valence-corrected chi connectivity index (χ1v) is 10.2. The van der Waals surface area contributed by atoms with Crippen LogP contribution in [0.3, 0.4) is 0 Å². The molecule has 1 aromatic rings. The van der Waals surface area contributed by atoms with Crippen molar-refractivity contribution >= 4 is 11.6 Å². The summed E-state index contributed by atoms with van der Waals surface area (Å²) < 4.78 is 33.4. The zero-order valence-electron chi connectivity index (χ0n) is 16.6. The highest BCUT2D eigenvalue weighted by molar-refractivity contribution is 5.80. The minimum atomic E-state index is -0.510. The van der Waals surface area contributed by atoms with E-state index in [1.165, 1.54) is 18.2 Å². The first kappa shape index (κ1) is 20.8. The summed E-state index contributed by atoms with van der Waals surface area (Å²) >= 11 is 0. The van der Waals surface area contributed by atoms with Gasteiger partial charge in [-0.3, -0.25) is 9.89 Å². The Morgan fingerprint density at radius 3 is 2.68 bits per heavy atom. The Hall–Kier alpha value is -1.93. The second-order valence-corrected chi connectivity index (χ2v) is 7.21. The molecule has 1 aromatic carbocycles. The van der Waals surface area contributed by atoms with E-state index < -0.39 is 11.6 Å². The van der Waals surface area contributed by atoms with E-state index in [4.69, 9.17) is 4.74 Å². The van der Waals surface area contributed by atoms with Crippen LogP contribution in [0.2, 0.25) is 0 Å². The molecule has 8 heteroatoms. The highest BCUT2D eigenvalue weighted by atomic mass is 19.1. The maximum Gasteiger partial charge on any atom is 0.191 e. The Morgan fingerprint density at radius 1 is 1.21 bits per heavy atom. The number of hydrogen-bond donors (Lipinski definition) is 2. The van der Waals surface area contributed by atoms with Gasteiger partial charge in [-0.2, -0.15) is 0 Å². The molecule has 28 heavy (non-hydrogen) atoms. The fraction of sp³-hybridized carbons (Fsp3) is 0.650. The first-order chi connectivity index (χ1) is 13.7. The van der Waals surface area contributed by atoms with Crippen LogP contribution in [-0.4, -0.2) is 75.9 Å². The first-order valence-electron chi connectivity index (χ1n) is 10.2. The largest absolute Gasteiger partial charge is 0.379 e. The smallest absolute Gasteiger partial charge is 0.191 e. The van der Waals surface area contributed by atoms with E-state index in [1.54, 1.807) is 4.90 Å². The highest BCUT2D eigenvalue weighted by Gasteiger charge is 2.27. The number of aliphatic imine (C=N–C) groups is 1. The van der Waals surface area contributed by atoms with Gasteiger partial charge in [0.2, 0.25) is 0 Å². The number of rotatable bonds is 7. The maximum absolute atomic E-state index is 14.0. The minimum Gasteiger partial charge on any atom is -0.379 e. The summed E-state index contributed by atoms with van der Waals surface area (Å²) in [4.78, 5) is 8.83. The monoisotopic (exact) mass is 395 g/mol. The molecule has 0 bridgehead atoms. The molecule has 156 valence electrons. The molecule has 2 fully saturated rings. The molecule has 0 aliphatic carbocycles. The van der Waals surface area contributed by atoms with Crippen LogP contribution in [-0.2, 0) is 4.74 Å². The molecule has 2 aliphatic rings. The summed E-state index contributed by atoms with van der Waals surface area (Å²) in [6.07, 6.45) is 1.81. The van der Waals surface area contributed by atoms with Gasteiger partial charge in [0, 0.05) is 51.9 Å². The molecule has 0 spiro atoms. The van der Waals surface area contributed by atoms with Crippen molar-refractivity contribution in [3.63, 3.8) is 0 Å². The van der Waals surface area contributed by atoms with Crippen LogP contribution in [0, 0.1) is 11.6 Å². The SMILES string of the molecule is CCNC(=NCCCN1CCOCC1)NC1CCN(c2c(F)cccc2F)C1. The van der Waals surface area contributed by atoms with Gasteiger partial charge in [-0.15, -0.1) is 0 Å². The average Bonchev–Trinajstić information content (AvgIpc) is 3.14. The Morgan fingerprint density at radius 2 is 1.96 bits per heavy atom. The van der Waals surface area contributed by atoms with E-state index in [-0.39, 0.29) is 11.7 Å². The molecule has 2 saturated heterocycles. The van der Waals surface area contributed by atoms with Crippen LogP contribution in [0.15, 0.2) is 23.2 Å². The third kappa shape index (κ3) is 5.78. The van der Waals surface area contributed by atoms with Crippen LogP contribution in [0.1, 0.15) is 19.8 Å². The van der Waals surface area contributed by atoms with E-state index in [0.29, 0.717) is 13.1 Å². The minimum absolute atomic E-state index is 0.0688. The standard InChI is InChI=1S/C20H31F2N5O/c1-2-23-20(24-8-4-9-26-11-13-28-14-12-26)25-16-7-10-27(15-16)19-17(21)5-3-6-18(19)22/h3,5-6,16H,2,4,7-15H2,1H3,(H2,23,24,25). The normalized spacial score (nSPS) is 21.2. The zero-order chi connectivity index (χ0) is 19.8. The number of guanidine groups is 1. The molecule has 0 amide bonds. The highest BCUT2D eigenvalue weighted by Crippen LogP contribution is 2.26. The number of para-hydroxylation sites is 1. The number of morpholine rings is 1. The van der Waals surface area contributed by atoms with Gasteiger partial charge in [0.05, 0.1) is 13.2 Å². The molecule has 3 rings (SSSR count). The lowest BCUT2D eigenvalue weighted by Crippen LogP contribution is -2.45. The third-order valence-corrected chi connectivity index (χ3v) is 5.13. The van der Waals surface area contributed by atoms with Crippen molar-refractivity contribution in [3.8, 4) is 0 Å². The van der Waals surface area contributed by atoms with E-state index in [0.717, 1.165) is 64.7 Å². The van der Waals surface area contributed by atoms with Gasteiger partial charge in [0.25, 0.3) is 0 Å². The van der Waals surface area contributed by atoms with Gasteiger partial charge in [0.15, 0.2) is 5.96 Å². The summed E-state index contributed by atoms with van der Waals surface area (Å²) in [6, 6.07) is 4.11. The summed E-state index contributed by atoms with van der Waals surface area (Å²) in [6.45, 7) is 9.35. The molecule has 2 aliphatic heterocycles. The number of ether oxygens (including phenoxy) is 1. The van der Waals surface area contributed by atoms with E-state index in [2.05, 4.69) is 20.5 Å². The molecule has 1 atom stereocenters. The predicted molar refractivity (Wildman–Crippen MR) is 108 cm³/mol. The van der Waals surface area contributed by atoms with E-state index >= 15 is 0 Å². The summed E-state index contributed by atoms with van der Waals surface area (Å²) in [5, 5.41) is 6.68. The number of nitrogens with zero attached hydrogens (tertiary/aromatic N) is 3.